The molecular weight excluding hydrogens is 366 g/mol. The van der Waals surface area contributed by atoms with Crippen LogP contribution in [0.25, 0.3) is 0 Å². The molecule has 0 spiro atoms. The molecule has 0 unspecified atom stereocenters. The molecule has 3 heteroatoms. The van der Waals surface area contributed by atoms with E-state index in [0.717, 1.165) is 3.63 Å². The van der Waals surface area contributed by atoms with Crippen LogP contribution in [0.15, 0.2) is 42.3 Å². The van der Waals surface area contributed by atoms with Crippen molar-refractivity contribution in [1.82, 2.24) is 0 Å². The molecule has 2 rings (SSSR count). The summed E-state index contributed by atoms with van der Waals surface area (Å²) in [5.74, 6) is 0. The van der Waals surface area contributed by atoms with Crippen molar-refractivity contribution < 1.29 is 48.0 Å². The molecule has 0 fully saturated rings. The van der Waals surface area contributed by atoms with Crippen molar-refractivity contribution in [3.63, 3.8) is 0 Å². The van der Waals surface area contributed by atoms with Gasteiger partial charge < -0.3 is 24.8 Å². The van der Waals surface area contributed by atoms with Gasteiger partial charge >= 0.3 is 124 Å². The second-order valence-corrected chi connectivity index (χ2v) is 9.49. The van der Waals surface area contributed by atoms with E-state index in [9.17, 15) is 0 Å². The second kappa shape index (κ2) is 7.61. The van der Waals surface area contributed by atoms with Crippen molar-refractivity contribution in [2.24, 2.45) is 0 Å². The quantitative estimate of drug-likeness (QED) is 0.600. The van der Waals surface area contributed by atoms with Gasteiger partial charge in [-0.3, -0.25) is 0 Å². The molecule has 2 aliphatic carbocycles. The summed E-state index contributed by atoms with van der Waals surface area (Å²) in [4.78, 5) is 0. The Kier molecular flexibility index (Phi) is 7.78. The monoisotopic (exact) mass is 388 g/mol. The zero-order valence-corrected chi connectivity index (χ0v) is 17.5. The average molecular weight is 391 g/mol. The van der Waals surface area contributed by atoms with Gasteiger partial charge in [0.05, 0.1) is 0 Å². The minimum absolute atomic E-state index is 0. The maximum atomic E-state index is 2.36. The topological polar surface area (TPSA) is 0 Å². The van der Waals surface area contributed by atoms with Crippen molar-refractivity contribution >= 4 is 0 Å². The standard InChI is InChI=1S/C9H13.C8H11.2ClH.Zr/c1-6-5-7(2)9(4)8(6)3;1-6-4-5-7(2)8(6)3;;;/h5H,1-4H3;4H2,1-3H3;2*1H;/q;;;;+2/p-2. The van der Waals surface area contributed by atoms with Gasteiger partial charge in [0.1, 0.15) is 0 Å². The Morgan fingerprint density at radius 2 is 1.15 bits per heavy atom. The molecule has 20 heavy (non-hydrogen) atoms. The Hall–Kier alpha value is 0.423. The van der Waals surface area contributed by atoms with Gasteiger partial charge in [0.25, 0.3) is 0 Å². The van der Waals surface area contributed by atoms with Crippen LogP contribution in [0.1, 0.15) is 54.9 Å². The van der Waals surface area contributed by atoms with Gasteiger partial charge in [-0.15, -0.1) is 0 Å². The Labute approximate surface area is 148 Å². The molecule has 0 atom stereocenters. The van der Waals surface area contributed by atoms with E-state index in [1.54, 1.807) is 39.0 Å². The largest absolute Gasteiger partial charge is 1.00 e. The Morgan fingerprint density at radius 3 is 1.50 bits per heavy atom. The predicted octanol–water partition coefficient (Wildman–Crippen LogP) is -0.434. The molecule has 0 saturated heterocycles. The predicted molar refractivity (Wildman–Crippen MR) is 76.2 cm³/mol. The molecule has 0 radical (unpaired) electrons. The molecule has 2 aliphatic rings. The van der Waals surface area contributed by atoms with E-state index >= 15 is 0 Å². The van der Waals surface area contributed by atoms with Gasteiger partial charge in [-0.05, 0) is 0 Å². The summed E-state index contributed by atoms with van der Waals surface area (Å²) in [5, 5.41) is 0. The third-order valence-corrected chi connectivity index (χ3v) is 10.1. The summed E-state index contributed by atoms with van der Waals surface area (Å²) < 4.78 is 2.66. The normalized spacial score (nSPS) is 19.6. The molecule has 0 heterocycles. The number of allylic oxidation sites excluding steroid dienone is 8. The fraction of sp³-hybridized carbons (Fsp3) is 0.529. The van der Waals surface area contributed by atoms with Gasteiger partial charge in [-0.25, -0.2) is 0 Å². The van der Waals surface area contributed by atoms with Crippen molar-refractivity contribution in [2.45, 2.75) is 58.5 Å². The molecule has 0 aromatic heterocycles. The van der Waals surface area contributed by atoms with Crippen LogP contribution in [0.3, 0.4) is 0 Å². The van der Waals surface area contributed by atoms with Crippen LogP contribution in [0, 0.1) is 0 Å². The average Bonchev–Trinajstić information content (AvgIpc) is 2.68. The number of hydrogen-bond acceptors (Lipinski definition) is 0. The van der Waals surface area contributed by atoms with E-state index < -0.39 is 23.2 Å². The molecule has 0 nitrogen and oxygen atoms in total. The fourth-order valence-corrected chi connectivity index (χ4v) is 7.86. The summed E-state index contributed by atoms with van der Waals surface area (Å²) in [7, 11) is 0. The van der Waals surface area contributed by atoms with Gasteiger partial charge in [0.15, 0.2) is 0 Å². The van der Waals surface area contributed by atoms with Crippen molar-refractivity contribution in [3.8, 4) is 0 Å². The molecule has 0 amide bonds. The van der Waals surface area contributed by atoms with Gasteiger partial charge in [-0.2, -0.15) is 0 Å². The minimum atomic E-state index is -0.499. The fourth-order valence-electron chi connectivity index (χ4n) is 2.98. The smallest absolute Gasteiger partial charge is 1.00 e. The van der Waals surface area contributed by atoms with Crippen LogP contribution >= 0.6 is 0 Å². The van der Waals surface area contributed by atoms with Crippen LogP contribution in [-0.4, -0.2) is 0 Å². The zero-order chi connectivity index (χ0) is 13.6. The summed E-state index contributed by atoms with van der Waals surface area (Å²) in [5.41, 5.74) is 11.3. The van der Waals surface area contributed by atoms with Crippen LogP contribution in [0.5, 0.6) is 0 Å². The van der Waals surface area contributed by atoms with Crippen LogP contribution < -0.4 is 24.8 Å². The first-order valence-electron chi connectivity index (χ1n) is 6.82. The molecule has 0 N–H and O–H groups in total. The third kappa shape index (κ3) is 3.42. The molecule has 0 saturated carbocycles. The number of halogens is 2. The number of rotatable bonds is 2. The van der Waals surface area contributed by atoms with E-state index in [-0.39, 0.29) is 24.8 Å². The molecule has 0 bridgehead atoms. The minimum Gasteiger partial charge on any atom is -1.00 e. The SMILES string of the molecule is CC1=C(C)C(C)=[C]([Zr+2][CH]2C(C)=C(C)C(C)=C2C)C1.[Cl-].[Cl-]. The summed E-state index contributed by atoms with van der Waals surface area (Å²) in [6, 6.07) is 0. The zero-order valence-electron chi connectivity index (χ0n) is 13.5. The van der Waals surface area contributed by atoms with Gasteiger partial charge in [0, 0.05) is 0 Å². The Bertz CT molecular complexity index is 509. The Balaban J connectivity index is 0.00000180. The first-order chi connectivity index (χ1) is 8.34. The molecule has 0 aromatic rings. The maximum absolute atomic E-state index is 2.36. The summed E-state index contributed by atoms with van der Waals surface area (Å²) in [6.07, 6.45) is 1.28. The van der Waals surface area contributed by atoms with Gasteiger partial charge in [0.2, 0.25) is 0 Å². The first kappa shape index (κ1) is 20.4. The van der Waals surface area contributed by atoms with E-state index in [1.807, 2.05) is 3.28 Å². The summed E-state index contributed by atoms with van der Waals surface area (Å²) in [6.45, 7) is 16.3. The van der Waals surface area contributed by atoms with Crippen molar-refractivity contribution in [2.75, 3.05) is 0 Å². The first-order valence-corrected chi connectivity index (χ1v) is 9.47. The van der Waals surface area contributed by atoms with Crippen molar-refractivity contribution in [3.05, 3.63) is 42.3 Å². The molecular formula is C17H24Cl2Zr. The van der Waals surface area contributed by atoms with Crippen LogP contribution in [0.4, 0.5) is 0 Å². The van der Waals surface area contributed by atoms with E-state index in [1.165, 1.54) is 6.42 Å². The maximum Gasteiger partial charge on any atom is -1.00 e. The van der Waals surface area contributed by atoms with Crippen LogP contribution in [0.2, 0.25) is 3.63 Å². The third-order valence-electron chi connectivity index (χ3n) is 5.03. The summed E-state index contributed by atoms with van der Waals surface area (Å²) >= 11 is -0.499. The van der Waals surface area contributed by atoms with E-state index in [2.05, 4.69) is 48.5 Å². The molecule has 0 aliphatic heterocycles. The number of hydrogen-bond donors (Lipinski definition) is 0. The van der Waals surface area contributed by atoms with Crippen LogP contribution in [-0.2, 0) is 23.2 Å². The molecule has 0 aromatic carbocycles. The second-order valence-electron chi connectivity index (χ2n) is 5.88. The van der Waals surface area contributed by atoms with Crippen molar-refractivity contribution in [1.29, 1.82) is 0 Å². The van der Waals surface area contributed by atoms with Gasteiger partial charge in [-0.1, -0.05) is 0 Å². The Morgan fingerprint density at radius 1 is 0.700 bits per heavy atom. The van der Waals surface area contributed by atoms with E-state index in [0.29, 0.717) is 0 Å². The molecule has 110 valence electrons. The van der Waals surface area contributed by atoms with E-state index in [4.69, 9.17) is 0 Å².